The van der Waals surface area contributed by atoms with Crippen LogP contribution in [0.5, 0.6) is 0 Å². The van der Waals surface area contributed by atoms with Gasteiger partial charge in [0.1, 0.15) is 6.04 Å². The molecule has 0 aliphatic heterocycles. The summed E-state index contributed by atoms with van der Waals surface area (Å²) in [5, 5.41) is 14.2. The van der Waals surface area contributed by atoms with E-state index in [1.165, 1.54) is 0 Å². The maximum Gasteiger partial charge on any atom is 0.258 e. The number of amides is 2. The van der Waals surface area contributed by atoms with Crippen LogP contribution in [-0.4, -0.2) is 39.3 Å². The zero-order valence-electron chi connectivity index (χ0n) is 17.2. The number of benzene rings is 2. The van der Waals surface area contributed by atoms with Gasteiger partial charge in [0.2, 0.25) is 5.91 Å². The van der Waals surface area contributed by atoms with E-state index >= 15 is 0 Å². The summed E-state index contributed by atoms with van der Waals surface area (Å²) >= 11 is 0. The van der Waals surface area contributed by atoms with Crippen molar-refractivity contribution in [2.24, 2.45) is 0 Å². The van der Waals surface area contributed by atoms with Gasteiger partial charge in [-0.05, 0) is 30.2 Å². The Hall–Kier alpha value is -4.05. The first-order valence-corrected chi connectivity index (χ1v) is 10.2. The van der Waals surface area contributed by atoms with Gasteiger partial charge in [0, 0.05) is 47.2 Å². The zero-order valence-corrected chi connectivity index (χ0v) is 17.2. The van der Waals surface area contributed by atoms with Crippen LogP contribution in [0.2, 0.25) is 0 Å². The molecule has 4 aromatic rings. The van der Waals surface area contributed by atoms with Gasteiger partial charge in [-0.3, -0.25) is 9.59 Å². The van der Waals surface area contributed by atoms with Crippen LogP contribution in [0.4, 0.5) is 0 Å². The fourth-order valence-electron chi connectivity index (χ4n) is 3.88. The average molecular weight is 413 g/mol. The van der Waals surface area contributed by atoms with Crippen molar-refractivity contribution in [3.05, 3.63) is 72.1 Å². The molecule has 1 atom stereocenters. The first-order valence-electron chi connectivity index (χ1n) is 10.2. The van der Waals surface area contributed by atoms with Gasteiger partial charge < -0.3 is 15.3 Å². The highest BCUT2D eigenvalue weighted by Crippen LogP contribution is 2.21. The summed E-state index contributed by atoms with van der Waals surface area (Å²) in [6.07, 6.45) is 6.00. The number of para-hydroxylation sites is 2. The fraction of sp³-hybridized carbons (Fsp3) is 0.208. The summed E-state index contributed by atoms with van der Waals surface area (Å²) in [5.41, 5.74) is 3.69. The number of carbonyl (C=O) groups excluding carboxylic acids is 2. The van der Waals surface area contributed by atoms with Crippen LogP contribution in [0.15, 0.2) is 60.9 Å². The molecule has 31 heavy (non-hydrogen) atoms. The van der Waals surface area contributed by atoms with Crippen molar-refractivity contribution in [2.45, 2.75) is 25.8 Å². The SMILES string of the molecule is CCN(C#N)C(=O)C(Cc1c[nH]c2ccccc12)NC(=O)Cc1c[nH]c2ccccc12. The van der Waals surface area contributed by atoms with E-state index in [1.807, 2.05) is 67.1 Å². The first kappa shape index (κ1) is 20.2. The summed E-state index contributed by atoms with van der Waals surface area (Å²) in [6, 6.07) is 14.7. The number of likely N-dealkylation sites (N-methyl/N-ethyl adjacent to an activating group) is 1. The fourth-order valence-corrected chi connectivity index (χ4v) is 3.88. The number of aromatic nitrogens is 2. The average Bonchev–Trinajstić information content (AvgIpc) is 3.38. The highest BCUT2D eigenvalue weighted by molar-refractivity contribution is 5.93. The van der Waals surface area contributed by atoms with E-state index in [-0.39, 0.29) is 18.9 Å². The number of rotatable bonds is 7. The van der Waals surface area contributed by atoms with Crippen LogP contribution in [-0.2, 0) is 22.4 Å². The standard InChI is InChI=1S/C24H23N5O2/c1-2-29(15-25)24(31)22(11-16-13-26-20-9-5-3-7-18(16)20)28-23(30)12-17-14-27-21-10-6-4-8-19(17)21/h3-10,13-14,22,26-27H,2,11-12H2,1H3,(H,28,30). The highest BCUT2D eigenvalue weighted by atomic mass is 16.2. The van der Waals surface area contributed by atoms with E-state index in [2.05, 4.69) is 15.3 Å². The van der Waals surface area contributed by atoms with Crippen LogP contribution in [0.25, 0.3) is 21.8 Å². The second-order valence-corrected chi connectivity index (χ2v) is 7.40. The number of nitriles is 1. The molecule has 2 amide bonds. The normalized spacial score (nSPS) is 11.9. The van der Waals surface area contributed by atoms with Crippen molar-refractivity contribution in [3.63, 3.8) is 0 Å². The molecule has 0 bridgehead atoms. The molecule has 0 aliphatic rings. The number of nitrogens with one attached hydrogen (secondary N) is 3. The zero-order chi connectivity index (χ0) is 21.8. The van der Waals surface area contributed by atoms with E-state index in [0.717, 1.165) is 37.8 Å². The Bertz CT molecular complexity index is 1280. The topological polar surface area (TPSA) is 105 Å². The van der Waals surface area contributed by atoms with Gasteiger partial charge in [-0.1, -0.05) is 36.4 Å². The van der Waals surface area contributed by atoms with Crippen molar-refractivity contribution in [2.75, 3.05) is 6.54 Å². The first-order chi connectivity index (χ1) is 15.1. The third kappa shape index (κ3) is 4.14. The van der Waals surface area contributed by atoms with Crippen LogP contribution >= 0.6 is 0 Å². The van der Waals surface area contributed by atoms with Crippen LogP contribution in [0, 0.1) is 11.5 Å². The number of fused-ring (bicyclic) bond motifs is 2. The van der Waals surface area contributed by atoms with Gasteiger partial charge in [0.15, 0.2) is 6.19 Å². The molecule has 0 saturated heterocycles. The van der Waals surface area contributed by atoms with Gasteiger partial charge in [-0.25, -0.2) is 4.90 Å². The molecule has 7 heteroatoms. The lowest BCUT2D eigenvalue weighted by Gasteiger charge is -2.21. The molecule has 2 aromatic carbocycles. The molecule has 0 radical (unpaired) electrons. The van der Waals surface area contributed by atoms with Crippen LogP contribution < -0.4 is 5.32 Å². The maximum atomic E-state index is 13.0. The largest absolute Gasteiger partial charge is 0.361 e. The smallest absolute Gasteiger partial charge is 0.258 e. The Balaban J connectivity index is 1.57. The molecule has 1 unspecified atom stereocenters. The molecule has 0 spiro atoms. The second-order valence-electron chi connectivity index (χ2n) is 7.40. The summed E-state index contributed by atoms with van der Waals surface area (Å²) in [6.45, 7) is 1.98. The van der Waals surface area contributed by atoms with Gasteiger partial charge >= 0.3 is 0 Å². The van der Waals surface area contributed by atoms with Gasteiger partial charge in [-0.2, -0.15) is 5.26 Å². The van der Waals surface area contributed by atoms with Crippen molar-refractivity contribution in [1.29, 1.82) is 5.26 Å². The molecule has 0 saturated carbocycles. The lowest BCUT2D eigenvalue weighted by atomic mass is 10.0. The molecule has 2 aromatic heterocycles. The lowest BCUT2D eigenvalue weighted by molar-refractivity contribution is -0.133. The van der Waals surface area contributed by atoms with Crippen molar-refractivity contribution >= 4 is 33.6 Å². The Morgan fingerprint density at radius 3 is 2.19 bits per heavy atom. The lowest BCUT2D eigenvalue weighted by Crippen LogP contribution is -2.48. The summed E-state index contributed by atoms with van der Waals surface area (Å²) in [5.74, 6) is -0.681. The number of carbonyl (C=O) groups is 2. The highest BCUT2D eigenvalue weighted by Gasteiger charge is 2.27. The molecular weight excluding hydrogens is 390 g/mol. The van der Waals surface area contributed by atoms with E-state index in [1.54, 1.807) is 6.92 Å². The predicted molar refractivity (Wildman–Crippen MR) is 119 cm³/mol. The Morgan fingerprint density at radius 2 is 1.58 bits per heavy atom. The van der Waals surface area contributed by atoms with E-state index in [9.17, 15) is 14.9 Å². The molecule has 0 fully saturated rings. The van der Waals surface area contributed by atoms with E-state index in [0.29, 0.717) is 6.42 Å². The number of hydrogen-bond acceptors (Lipinski definition) is 3. The Labute approximate surface area is 179 Å². The molecule has 2 heterocycles. The molecule has 4 rings (SSSR count). The maximum absolute atomic E-state index is 13.0. The minimum Gasteiger partial charge on any atom is -0.361 e. The van der Waals surface area contributed by atoms with Crippen LogP contribution in [0.1, 0.15) is 18.1 Å². The summed E-state index contributed by atoms with van der Waals surface area (Å²) in [7, 11) is 0. The third-order valence-corrected chi connectivity index (χ3v) is 5.46. The number of nitrogens with zero attached hydrogens (tertiary/aromatic N) is 2. The van der Waals surface area contributed by atoms with Gasteiger partial charge in [-0.15, -0.1) is 0 Å². The molecule has 0 aliphatic carbocycles. The quantitative estimate of drug-likeness (QED) is 0.320. The number of aromatic amines is 2. The number of H-pyrrole nitrogens is 2. The Morgan fingerprint density at radius 1 is 1.00 bits per heavy atom. The minimum absolute atomic E-state index is 0.139. The molecule has 156 valence electrons. The van der Waals surface area contributed by atoms with E-state index < -0.39 is 11.9 Å². The monoisotopic (exact) mass is 413 g/mol. The minimum atomic E-state index is -0.837. The predicted octanol–water partition coefficient (Wildman–Crippen LogP) is 3.25. The third-order valence-electron chi connectivity index (χ3n) is 5.46. The second kappa shape index (κ2) is 8.76. The molecular formula is C24H23N5O2. The van der Waals surface area contributed by atoms with Gasteiger partial charge in [0.25, 0.3) is 5.91 Å². The Kier molecular flexibility index (Phi) is 5.72. The van der Waals surface area contributed by atoms with Crippen molar-refractivity contribution < 1.29 is 9.59 Å². The van der Waals surface area contributed by atoms with Crippen molar-refractivity contribution in [3.8, 4) is 6.19 Å². The van der Waals surface area contributed by atoms with Gasteiger partial charge in [0.05, 0.1) is 6.42 Å². The van der Waals surface area contributed by atoms with E-state index in [4.69, 9.17) is 0 Å². The van der Waals surface area contributed by atoms with Crippen LogP contribution in [0.3, 0.4) is 0 Å². The summed E-state index contributed by atoms with van der Waals surface area (Å²) in [4.78, 5) is 33.3. The molecule has 3 N–H and O–H groups in total. The summed E-state index contributed by atoms with van der Waals surface area (Å²) < 4.78 is 0. The van der Waals surface area contributed by atoms with Crippen molar-refractivity contribution in [1.82, 2.24) is 20.2 Å². The number of hydrogen-bond donors (Lipinski definition) is 3. The molecule has 7 nitrogen and oxygen atoms in total.